The highest BCUT2D eigenvalue weighted by Gasteiger charge is 2.55. The summed E-state index contributed by atoms with van der Waals surface area (Å²) in [6, 6.07) is 12.1. The van der Waals surface area contributed by atoms with Gasteiger partial charge in [-0.25, -0.2) is 13.2 Å². The van der Waals surface area contributed by atoms with E-state index in [1.165, 1.54) is 12.8 Å². The van der Waals surface area contributed by atoms with Gasteiger partial charge in [-0.1, -0.05) is 35.3 Å². The molecule has 4 bridgehead atoms. The van der Waals surface area contributed by atoms with Gasteiger partial charge in [0, 0.05) is 24.3 Å². The van der Waals surface area contributed by atoms with Crippen LogP contribution in [0, 0.1) is 11.8 Å². The lowest BCUT2D eigenvalue weighted by molar-refractivity contribution is -0.0616. The Balaban J connectivity index is 1.19. The molecule has 6 rings (SSSR count). The minimum absolute atomic E-state index is 0.212. The third-order valence-corrected chi connectivity index (χ3v) is 10.2. The van der Waals surface area contributed by atoms with Crippen molar-refractivity contribution in [3.05, 3.63) is 58.1 Å². The number of carbonyl (C=O) groups excluding carboxylic acids is 1. The van der Waals surface area contributed by atoms with Crippen LogP contribution in [0.5, 0.6) is 0 Å². The lowest BCUT2D eigenvalue weighted by Crippen LogP contribution is -2.63. The van der Waals surface area contributed by atoms with Gasteiger partial charge in [0.2, 0.25) is 0 Å². The van der Waals surface area contributed by atoms with Crippen molar-refractivity contribution >= 4 is 44.8 Å². The van der Waals surface area contributed by atoms with Gasteiger partial charge in [0.05, 0.1) is 26.7 Å². The zero-order valence-electron chi connectivity index (χ0n) is 18.3. The summed E-state index contributed by atoms with van der Waals surface area (Å²) in [5.41, 5.74) is 1.23. The smallest absolute Gasteiger partial charge is 0.319 e. The summed E-state index contributed by atoms with van der Waals surface area (Å²) in [6.07, 6.45) is 3.42. The van der Waals surface area contributed by atoms with Crippen LogP contribution in [0.4, 0.5) is 10.5 Å². The van der Waals surface area contributed by atoms with E-state index in [-0.39, 0.29) is 17.7 Å². The first-order valence-corrected chi connectivity index (χ1v) is 13.7. The second kappa shape index (κ2) is 8.77. The van der Waals surface area contributed by atoms with Gasteiger partial charge in [-0.05, 0) is 73.9 Å². The first-order chi connectivity index (χ1) is 15.7. The zero-order valence-corrected chi connectivity index (χ0v) is 20.6. The number of fused-ring (bicyclic) bond motifs is 1. The van der Waals surface area contributed by atoms with Gasteiger partial charge in [0.25, 0.3) is 0 Å². The van der Waals surface area contributed by atoms with E-state index in [1.54, 1.807) is 42.5 Å². The minimum Gasteiger partial charge on any atom is -0.331 e. The van der Waals surface area contributed by atoms with Gasteiger partial charge in [-0.15, -0.1) is 0 Å². The average molecular weight is 508 g/mol. The van der Waals surface area contributed by atoms with Crippen LogP contribution in [-0.2, 0) is 9.84 Å². The number of hydrogen-bond donors (Lipinski definition) is 2. The summed E-state index contributed by atoms with van der Waals surface area (Å²) in [6.45, 7) is 2.87. The molecule has 2 aromatic rings. The van der Waals surface area contributed by atoms with Crippen molar-refractivity contribution in [1.29, 1.82) is 0 Å². The molecule has 9 heteroatoms. The fraction of sp³-hybridized carbons (Fsp3) is 0.458. The maximum absolute atomic E-state index is 13.1. The number of amides is 2. The molecule has 2 amide bonds. The number of piperidine rings is 2. The van der Waals surface area contributed by atoms with Crippen molar-refractivity contribution in [2.45, 2.75) is 49.2 Å². The number of sulfone groups is 1. The first-order valence-electron chi connectivity index (χ1n) is 11.3. The average Bonchev–Trinajstić information content (AvgIpc) is 2.97. The summed E-state index contributed by atoms with van der Waals surface area (Å²) >= 11 is 12.3. The fourth-order valence-electron chi connectivity index (χ4n) is 5.79. The number of rotatable bonds is 6. The molecule has 4 saturated heterocycles. The molecular formula is C24H27Cl2N3O3S. The molecule has 33 heavy (non-hydrogen) atoms. The van der Waals surface area contributed by atoms with Crippen LogP contribution in [0.2, 0.25) is 10.0 Å². The predicted molar refractivity (Wildman–Crippen MR) is 131 cm³/mol. The normalized spacial score (nSPS) is 28.6. The van der Waals surface area contributed by atoms with Gasteiger partial charge in [-0.2, -0.15) is 0 Å². The SMILES string of the molecule is CC(NC(=O)Nc1ccc(S(=O)(=O)CC2CC3CCC4C2CN34)cc1)c1cccc(Cl)c1Cl. The van der Waals surface area contributed by atoms with Crippen molar-refractivity contribution in [3.8, 4) is 0 Å². The third-order valence-electron chi connectivity index (χ3n) is 7.49. The van der Waals surface area contributed by atoms with Gasteiger partial charge in [0.15, 0.2) is 9.84 Å². The van der Waals surface area contributed by atoms with Crippen LogP contribution >= 0.6 is 23.2 Å². The largest absolute Gasteiger partial charge is 0.331 e. The molecule has 0 aliphatic carbocycles. The Morgan fingerprint density at radius 3 is 2.64 bits per heavy atom. The molecule has 0 radical (unpaired) electrons. The van der Waals surface area contributed by atoms with E-state index >= 15 is 0 Å². The maximum atomic E-state index is 13.1. The van der Waals surface area contributed by atoms with Crippen molar-refractivity contribution in [2.75, 3.05) is 17.6 Å². The van der Waals surface area contributed by atoms with E-state index in [9.17, 15) is 13.2 Å². The molecule has 4 fully saturated rings. The quantitative estimate of drug-likeness (QED) is 0.567. The van der Waals surface area contributed by atoms with Crippen molar-refractivity contribution in [1.82, 2.24) is 10.2 Å². The van der Waals surface area contributed by atoms with Gasteiger partial charge >= 0.3 is 6.03 Å². The molecule has 2 aromatic carbocycles. The van der Waals surface area contributed by atoms with E-state index in [0.717, 1.165) is 13.0 Å². The molecule has 2 N–H and O–H groups in total. The molecule has 4 aliphatic rings. The van der Waals surface area contributed by atoms with Gasteiger partial charge in [-0.3, -0.25) is 4.90 Å². The topological polar surface area (TPSA) is 78.5 Å². The van der Waals surface area contributed by atoms with E-state index in [4.69, 9.17) is 23.2 Å². The summed E-state index contributed by atoms with van der Waals surface area (Å²) in [7, 11) is -3.37. The van der Waals surface area contributed by atoms with Crippen LogP contribution in [0.15, 0.2) is 47.4 Å². The summed E-state index contributed by atoms with van der Waals surface area (Å²) in [5.74, 6) is 0.989. The van der Waals surface area contributed by atoms with Crippen LogP contribution in [-0.4, -0.2) is 43.7 Å². The monoisotopic (exact) mass is 507 g/mol. The van der Waals surface area contributed by atoms with E-state index < -0.39 is 15.9 Å². The Morgan fingerprint density at radius 1 is 1.15 bits per heavy atom. The number of halogens is 2. The van der Waals surface area contributed by atoms with Crippen LogP contribution in [0.3, 0.4) is 0 Å². The lowest BCUT2D eigenvalue weighted by Gasteiger charge is -2.55. The maximum Gasteiger partial charge on any atom is 0.319 e. The highest BCUT2D eigenvalue weighted by Crippen LogP contribution is 2.50. The number of benzene rings is 2. The molecule has 0 saturated carbocycles. The van der Waals surface area contributed by atoms with E-state index in [2.05, 4.69) is 15.5 Å². The molecule has 0 aromatic heterocycles. The zero-order chi connectivity index (χ0) is 23.3. The molecule has 6 nitrogen and oxygen atoms in total. The minimum atomic E-state index is -3.37. The number of anilines is 1. The standard InChI is InChI=1S/C24H27Cl2N3O3S/c1-14(19-3-2-4-21(25)23(19)26)27-24(30)28-16-5-8-18(9-6-16)33(31,32)13-15-11-17-7-10-22-20(15)12-29(17)22/h2-6,8-9,14-15,17,20,22H,7,10-13H2,1H3,(H2,27,28,30). The third kappa shape index (κ3) is 4.36. The Morgan fingerprint density at radius 2 is 1.91 bits per heavy atom. The lowest BCUT2D eigenvalue weighted by atomic mass is 9.74. The highest BCUT2D eigenvalue weighted by molar-refractivity contribution is 7.91. The molecule has 4 aliphatic heterocycles. The van der Waals surface area contributed by atoms with E-state index in [1.807, 2.05) is 6.92 Å². The Hall–Kier alpha value is -1.80. The highest BCUT2D eigenvalue weighted by atomic mass is 35.5. The molecule has 0 spiro atoms. The number of carbonyl (C=O) groups is 1. The Bertz CT molecular complexity index is 1170. The second-order valence-electron chi connectivity index (χ2n) is 9.42. The number of nitrogens with zero attached hydrogens (tertiary/aromatic N) is 1. The molecule has 176 valence electrons. The van der Waals surface area contributed by atoms with Crippen molar-refractivity contribution in [2.24, 2.45) is 11.8 Å². The summed E-state index contributed by atoms with van der Waals surface area (Å²) in [5, 5.41) is 6.39. The van der Waals surface area contributed by atoms with Gasteiger partial charge < -0.3 is 10.6 Å². The van der Waals surface area contributed by atoms with E-state index in [0.29, 0.717) is 44.2 Å². The van der Waals surface area contributed by atoms with Crippen LogP contribution in [0.1, 0.15) is 37.8 Å². The molecule has 4 heterocycles. The second-order valence-corrected chi connectivity index (χ2v) is 12.2. The van der Waals surface area contributed by atoms with Gasteiger partial charge in [0.1, 0.15) is 0 Å². The number of nitrogens with one attached hydrogen (secondary N) is 2. The van der Waals surface area contributed by atoms with Crippen molar-refractivity contribution in [3.63, 3.8) is 0 Å². The molecule has 6 unspecified atom stereocenters. The summed E-state index contributed by atoms with van der Waals surface area (Å²) < 4.78 is 26.1. The van der Waals surface area contributed by atoms with Crippen LogP contribution in [0.25, 0.3) is 0 Å². The Labute approximate surface area is 204 Å². The molecule has 6 atom stereocenters. The first kappa shape index (κ1) is 23.0. The number of hydrogen-bond acceptors (Lipinski definition) is 4. The predicted octanol–water partition coefficient (Wildman–Crippen LogP) is 5.13. The summed E-state index contributed by atoms with van der Waals surface area (Å²) in [4.78, 5) is 15.3. The Kier molecular flexibility index (Phi) is 6.10. The van der Waals surface area contributed by atoms with Crippen molar-refractivity contribution < 1.29 is 13.2 Å². The fourth-order valence-corrected chi connectivity index (χ4v) is 7.95. The molecular weight excluding hydrogens is 481 g/mol. The van der Waals surface area contributed by atoms with Crippen LogP contribution < -0.4 is 10.6 Å². The number of urea groups is 1.